The Balaban J connectivity index is 1.71. The number of nitrogens with zero attached hydrogens (tertiary/aromatic N) is 3. The molecule has 1 aromatic heterocycles. The maximum atomic E-state index is 13.9. The highest BCUT2D eigenvalue weighted by Gasteiger charge is 2.36. The van der Waals surface area contributed by atoms with E-state index in [1.54, 1.807) is 0 Å². The summed E-state index contributed by atoms with van der Waals surface area (Å²) in [6.07, 6.45) is 6.00. The molecule has 1 amide bonds. The molecule has 1 saturated heterocycles. The Bertz CT molecular complexity index is 1740. The van der Waals surface area contributed by atoms with Gasteiger partial charge in [-0.1, -0.05) is 60.7 Å². The number of anilines is 1. The summed E-state index contributed by atoms with van der Waals surface area (Å²) in [5.74, 6) is -4.06. The van der Waals surface area contributed by atoms with Crippen molar-refractivity contribution in [2.45, 2.75) is 50.0 Å². The van der Waals surface area contributed by atoms with E-state index in [2.05, 4.69) is 4.90 Å². The molecule has 3 aliphatic rings. The summed E-state index contributed by atoms with van der Waals surface area (Å²) in [5.41, 5.74) is 1.15. The van der Waals surface area contributed by atoms with Crippen molar-refractivity contribution >= 4 is 91.4 Å². The fraction of sp³-hybridized carbons (Fsp3) is 0.357. The van der Waals surface area contributed by atoms with Crippen LogP contribution in [0, 0.1) is 5.92 Å². The number of hydrogen-bond acceptors (Lipinski definition) is 10. The van der Waals surface area contributed by atoms with Crippen LogP contribution in [0.5, 0.6) is 0 Å². The number of aliphatic carboxylic acids is 3. The van der Waals surface area contributed by atoms with Crippen LogP contribution in [0.3, 0.4) is 0 Å². The molecule has 1 aromatic carbocycles. The van der Waals surface area contributed by atoms with Gasteiger partial charge in [0.1, 0.15) is 27.0 Å². The number of aromatic nitrogens is 1. The van der Waals surface area contributed by atoms with Crippen LogP contribution in [0.4, 0.5) is 5.69 Å². The van der Waals surface area contributed by atoms with Crippen molar-refractivity contribution < 1.29 is 34.5 Å². The maximum Gasteiger partial charge on any atom is 0.323 e. The number of thioether (sulfide) groups is 2. The first-order valence-corrected chi connectivity index (χ1v) is 16.3. The molecule has 0 bridgehead atoms. The minimum Gasteiger partial charge on any atom is -0.481 e. The molecular formula is C28H27N3O8S4. The van der Waals surface area contributed by atoms with E-state index in [1.807, 2.05) is 30.3 Å². The number of benzene rings is 1. The lowest BCUT2D eigenvalue weighted by Gasteiger charge is -2.21. The molecule has 43 heavy (non-hydrogen) atoms. The number of rotatable bonds is 10. The fourth-order valence-electron chi connectivity index (χ4n) is 5.36. The summed E-state index contributed by atoms with van der Waals surface area (Å²) >= 11 is 8.64. The van der Waals surface area contributed by atoms with Crippen molar-refractivity contribution in [3.05, 3.63) is 54.9 Å². The predicted octanol–water partition coefficient (Wildman–Crippen LogP) is 2.71. The van der Waals surface area contributed by atoms with Crippen LogP contribution >= 0.6 is 47.1 Å². The van der Waals surface area contributed by atoms with Gasteiger partial charge in [0.2, 0.25) is 0 Å². The minimum absolute atomic E-state index is 0.00899. The van der Waals surface area contributed by atoms with Crippen molar-refractivity contribution in [1.82, 2.24) is 9.47 Å². The largest absolute Gasteiger partial charge is 0.481 e. The second-order valence-corrected chi connectivity index (χ2v) is 13.8. The van der Waals surface area contributed by atoms with Gasteiger partial charge in [0.15, 0.2) is 0 Å². The highest BCUT2D eigenvalue weighted by Crippen LogP contribution is 2.47. The molecular weight excluding hydrogens is 635 g/mol. The molecule has 2 aromatic rings. The third-order valence-corrected chi connectivity index (χ3v) is 11.2. The van der Waals surface area contributed by atoms with E-state index in [4.69, 9.17) is 12.2 Å². The van der Waals surface area contributed by atoms with Crippen LogP contribution in [-0.4, -0.2) is 66.0 Å². The summed E-state index contributed by atoms with van der Waals surface area (Å²) in [6.45, 7) is -0.862. The third kappa shape index (κ3) is 6.59. The van der Waals surface area contributed by atoms with Crippen LogP contribution in [0.2, 0.25) is 0 Å². The SMILES string of the molecule is O=C(O)CCCN1C(=CC(=c2sc(=C3SC(=S)N(CC(=O)O)C3=O)n(CC(=O)O)c2=O)C2CCCC2)Sc2ccccc21. The summed E-state index contributed by atoms with van der Waals surface area (Å²) in [6, 6.07) is 7.78. The molecule has 0 spiro atoms. The quantitative estimate of drug-likeness (QED) is 0.321. The number of thiocarbonyl (C=S) groups is 1. The van der Waals surface area contributed by atoms with Gasteiger partial charge in [0.25, 0.3) is 11.5 Å². The van der Waals surface area contributed by atoms with Gasteiger partial charge in [-0.15, -0.1) is 11.3 Å². The molecule has 5 rings (SSSR count). The molecule has 11 nitrogen and oxygen atoms in total. The van der Waals surface area contributed by atoms with Gasteiger partial charge in [-0.3, -0.25) is 33.4 Å². The molecule has 0 radical (unpaired) electrons. The average molecular weight is 662 g/mol. The second-order valence-electron chi connectivity index (χ2n) is 10.1. The lowest BCUT2D eigenvalue weighted by molar-refractivity contribution is -0.140. The van der Waals surface area contributed by atoms with Gasteiger partial charge in [-0.2, -0.15) is 0 Å². The van der Waals surface area contributed by atoms with E-state index in [9.17, 15) is 39.3 Å². The Labute approximate surface area is 263 Å². The number of amides is 1. The number of carboxylic acids is 3. The molecule has 0 unspecified atom stereocenters. The Morgan fingerprint density at radius 2 is 1.65 bits per heavy atom. The first kappa shape index (κ1) is 31.0. The Kier molecular flexibility index (Phi) is 9.44. The summed E-state index contributed by atoms with van der Waals surface area (Å²) in [7, 11) is 0. The van der Waals surface area contributed by atoms with Crippen molar-refractivity contribution in [3.63, 3.8) is 0 Å². The van der Waals surface area contributed by atoms with Gasteiger partial charge in [0.05, 0.1) is 15.2 Å². The lowest BCUT2D eigenvalue weighted by Crippen LogP contribution is -2.37. The highest BCUT2D eigenvalue weighted by molar-refractivity contribution is 8.30. The fourth-order valence-corrected chi connectivity index (χ4v) is 9.14. The molecule has 3 heterocycles. The molecule has 2 aliphatic heterocycles. The summed E-state index contributed by atoms with van der Waals surface area (Å²) in [4.78, 5) is 65.6. The van der Waals surface area contributed by atoms with E-state index < -0.39 is 42.5 Å². The number of hydrogen-bond donors (Lipinski definition) is 3. The van der Waals surface area contributed by atoms with Gasteiger partial charge < -0.3 is 20.2 Å². The number of para-hydroxylation sites is 1. The summed E-state index contributed by atoms with van der Waals surface area (Å²) in [5, 5.41) is 28.9. The van der Waals surface area contributed by atoms with Gasteiger partial charge in [-0.05, 0) is 49.0 Å². The smallest absolute Gasteiger partial charge is 0.323 e. The van der Waals surface area contributed by atoms with Crippen molar-refractivity contribution in [2.75, 3.05) is 18.0 Å². The Morgan fingerprint density at radius 1 is 0.953 bits per heavy atom. The molecule has 226 valence electrons. The molecule has 1 saturated carbocycles. The first-order chi connectivity index (χ1) is 20.5. The highest BCUT2D eigenvalue weighted by atomic mass is 32.2. The standard InChI is InChI=1S/C28H27N3O8S4/c32-20(33)10-5-11-29-17-8-3-4-9-18(17)41-19(29)12-16(15-6-1-2-7-15)23-25(38)30(13-21(34)35)27(42-23)24-26(39)31(14-22(36)37)28(40)43-24/h3-4,8-9,12,15H,1-2,5-7,10-11,13-14H2,(H,32,33)(H,34,35)(H,36,37). The number of carbonyl (C=O) groups is 4. The number of fused-ring (bicyclic) bond motifs is 1. The van der Waals surface area contributed by atoms with Crippen molar-refractivity contribution in [3.8, 4) is 0 Å². The molecule has 2 fully saturated rings. The number of allylic oxidation sites excluding steroid dienone is 1. The zero-order valence-electron chi connectivity index (χ0n) is 22.7. The number of carbonyl (C=O) groups excluding carboxylic acids is 1. The van der Waals surface area contributed by atoms with E-state index >= 15 is 0 Å². The van der Waals surface area contributed by atoms with Crippen LogP contribution in [0.15, 0.2) is 45.1 Å². The van der Waals surface area contributed by atoms with Crippen LogP contribution < -0.4 is 19.7 Å². The van der Waals surface area contributed by atoms with Crippen LogP contribution in [-0.2, 0) is 25.7 Å². The van der Waals surface area contributed by atoms with Gasteiger partial charge in [-0.25, -0.2) is 0 Å². The normalized spacial score (nSPS) is 19.9. The Hall–Kier alpha value is -3.40. The molecule has 15 heteroatoms. The zero-order valence-corrected chi connectivity index (χ0v) is 26.0. The third-order valence-electron chi connectivity index (χ3n) is 7.26. The molecule has 1 aliphatic carbocycles. The average Bonchev–Trinajstić information content (AvgIpc) is 3.72. The first-order valence-electron chi connectivity index (χ1n) is 13.5. The molecule has 0 atom stereocenters. The summed E-state index contributed by atoms with van der Waals surface area (Å²) < 4.78 is 1.53. The van der Waals surface area contributed by atoms with E-state index in [0.29, 0.717) is 17.5 Å². The van der Waals surface area contributed by atoms with Gasteiger partial charge >= 0.3 is 17.9 Å². The van der Waals surface area contributed by atoms with E-state index in [-0.39, 0.29) is 26.2 Å². The maximum absolute atomic E-state index is 13.9. The lowest BCUT2D eigenvalue weighted by atomic mass is 9.97. The van der Waals surface area contributed by atoms with Crippen LogP contribution in [0.25, 0.3) is 10.5 Å². The predicted molar refractivity (Wildman–Crippen MR) is 168 cm³/mol. The van der Waals surface area contributed by atoms with E-state index in [0.717, 1.165) is 79.4 Å². The molecule has 3 N–H and O–H groups in total. The van der Waals surface area contributed by atoms with Crippen molar-refractivity contribution in [2.24, 2.45) is 5.92 Å². The topological polar surface area (TPSA) is 157 Å². The number of thiazole rings is 1. The van der Waals surface area contributed by atoms with Crippen molar-refractivity contribution in [1.29, 1.82) is 0 Å². The van der Waals surface area contributed by atoms with Crippen LogP contribution in [0.1, 0.15) is 38.5 Å². The zero-order chi connectivity index (χ0) is 30.8. The van der Waals surface area contributed by atoms with Gasteiger partial charge in [0, 0.05) is 17.9 Å². The monoisotopic (exact) mass is 661 g/mol. The van der Waals surface area contributed by atoms with E-state index in [1.165, 1.54) is 11.8 Å². The Morgan fingerprint density at radius 3 is 2.33 bits per heavy atom. The second kappa shape index (κ2) is 13.1. The number of carboxylic acid groups (broad SMARTS) is 3. The minimum atomic E-state index is -1.26.